The van der Waals surface area contributed by atoms with E-state index in [0.29, 0.717) is 0 Å². The lowest BCUT2D eigenvalue weighted by Gasteiger charge is -2.05. The average molecular weight is 185 g/mol. The van der Waals surface area contributed by atoms with Gasteiger partial charge in [-0.1, -0.05) is 0 Å². The Kier molecular flexibility index (Phi) is 3.49. The van der Waals surface area contributed by atoms with Crippen LogP contribution in [0, 0.1) is 0 Å². The Morgan fingerprint density at radius 1 is 1.58 bits per heavy atom. The van der Waals surface area contributed by atoms with Crippen LogP contribution in [0.5, 0.6) is 0 Å². The molecule has 12 heavy (non-hydrogen) atoms. The van der Waals surface area contributed by atoms with Gasteiger partial charge in [0.1, 0.15) is 0 Å². The van der Waals surface area contributed by atoms with E-state index >= 15 is 0 Å². The van der Waals surface area contributed by atoms with Gasteiger partial charge in [0, 0.05) is 25.2 Å². The first kappa shape index (κ1) is 9.48. The fraction of sp³-hybridized carbons (Fsp3) is 0.625. The summed E-state index contributed by atoms with van der Waals surface area (Å²) < 4.78 is 0. The highest BCUT2D eigenvalue weighted by molar-refractivity contribution is 7.15. The minimum Gasteiger partial charge on any atom is -0.354 e. The summed E-state index contributed by atoms with van der Waals surface area (Å²) in [5.41, 5.74) is 0. The third-order valence-electron chi connectivity index (χ3n) is 1.55. The summed E-state index contributed by atoms with van der Waals surface area (Å²) in [7, 11) is 6.00. The molecule has 1 N–H and O–H groups in total. The van der Waals surface area contributed by atoms with E-state index in [1.807, 2.05) is 32.2 Å². The summed E-state index contributed by atoms with van der Waals surface area (Å²) in [5.74, 6) is 0. The summed E-state index contributed by atoms with van der Waals surface area (Å²) >= 11 is 1.76. The van der Waals surface area contributed by atoms with Gasteiger partial charge in [0.05, 0.1) is 0 Å². The Morgan fingerprint density at radius 2 is 2.33 bits per heavy atom. The SMILES string of the molecule is CNCCc1cnc(N(C)C)s1. The van der Waals surface area contributed by atoms with Crippen molar-refractivity contribution in [1.29, 1.82) is 0 Å². The minimum absolute atomic E-state index is 1.02. The van der Waals surface area contributed by atoms with Crippen LogP contribution >= 0.6 is 11.3 Å². The number of hydrogen-bond acceptors (Lipinski definition) is 4. The fourth-order valence-corrected chi connectivity index (χ4v) is 1.70. The summed E-state index contributed by atoms with van der Waals surface area (Å²) in [5, 5.41) is 4.20. The van der Waals surface area contributed by atoms with E-state index in [1.54, 1.807) is 11.3 Å². The fourth-order valence-electron chi connectivity index (χ4n) is 0.868. The van der Waals surface area contributed by atoms with E-state index in [-0.39, 0.29) is 0 Å². The molecule has 0 aliphatic rings. The molecule has 0 aliphatic heterocycles. The molecule has 0 aliphatic carbocycles. The van der Waals surface area contributed by atoms with Gasteiger partial charge in [0.2, 0.25) is 0 Å². The highest BCUT2D eigenvalue weighted by Gasteiger charge is 2.01. The maximum atomic E-state index is 4.29. The van der Waals surface area contributed by atoms with Crippen LogP contribution in [0.1, 0.15) is 4.88 Å². The highest BCUT2D eigenvalue weighted by atomic mass is 32.1. The molecule has 3 nitrogen and oxygen atoms in total. The van der Waals surface area contributed by atoms with Gasteiger partial charge in [-0.05, 0) is 20.0 Å². The second kappa shape index (κ2) is 4.42. The van der Waals surface area contributed by atoms with Crippen molar-refractivity contribution in [1.82, 2.24) is 10.3 Å². The van der Waals surface area contributed by atoms with Crippen LogP contribution < -0.4 is 10.2 Å². The maximum absolute atomic E-state index is 4.29. The molecule has 1 aromatic rings. The molecule has 0 bridgehead atoms. The maximum Gasteiger partial charge on any atom is 0.184 e. The van der Waals surface area contributed by atoms with Gasteiger partial charge in [-0.15, -0.1) is 11.3 Å². The predicted molar refractivity (Wildman–Crippen MR) is 54.1 cm³/mol. The Balaban J connectivity index is 2.52. The first-order valence-corrected chi connectivity index (χ1v) is 4.82. The van der Waals surface area contributed by atoms with Crippen LogP contribution in [0.25, 0.3) is 0 Å². The first-order valence-electron chi connectivity index (χ1n) is 4.00. The number of nitrogens with zero attached hydrogens (tertiary/aromatic N) is 2. The van der Waals surface area contributed by atoms with Crippen molar-refractivity contribution in [2.75, 3.05) is 32.6 Å². The number of likely N-dealkylation sites (N-methyl/N-ethyl adjacent to an activating group) is 1. The van der Waals surface area contributed by atoms with E-state index in [0.717, 1.165) is 18.1 Å². The van der Waals surface area contributed by atoms with Crippen LogP contribution in [0.4, 0.5) is 5.13 Å². The summed E-state index contributed by atoms with van der Waals surface area (Å²) in [6, 6.07) is 0. The Labute approximate surface area is 77.4 Å². The van der Waals surface area contributed by atoms with Crippen LogP contribution in [0.3, 0.4) is 0 Å². The zero-order chi connectivity index (χ0) is 8.97. The van der Waals surface area contributed by atoms with E-state index in [9.17, 15) is 0 Å². The van der Waals surface area contributed by atoms with Gasteiger partial charge in [-0.2, -0.15) is 0 Å². The van der Waals surface area contributed by atoms with E-state index in [4.69, 9.17) is 0 Å². The lowest BCUT2D eigenvalue weighted by molar-refractivity contribution is 0.798. The second-order valence-electron chi connectivity index (χ2n) is 2.86. The van der Waals surface area contributed by atoms with Gasteiger partial charge in [-0.3, -0.25) is 0 Å². The van der Waals surface area contributed by atoms with Crippen molar-refractivity contribution < 1.29 is 0 Å². The number of thiazole rings is 1. The lowest BCUT2D eigenvalue weighted by atomic mass is 10.4. The highest BCUT2D eigenvalue weighted by Crippen LogP contribution is 2.20. The van der Waals surface area contributed by atoms with Crippen molar-refractivity contribution in [3.05, 3.63) is 11.1 Å². The summed E-state index contributed by atoms with van der Waals surface area (Å²) in [4.78, 5) is 7.66. The topological polar surface area (TPSA) is 28.2 Å². The molecular formula is C8H15N3S. The zero-order valence-corrected chi connectivity index (χ0v) is 8.61. The molecule has 0 spiro atoms. The number of hydrogen-bond donors (Lipinski definition) is 1. The molecule has 0 aromatic carbocycles. The zero-order valence-electron chi connectivity index (χ0n) is 7.79. The predicted octanol–water partition coefficient (Wildman–Crippen LogP) is 0.971. The van der Waals surface area contributed by atoms with Crippen molar-refractivity contribution in [2.45, 2.75) is 6.42 Å². The average Bonchev–Trinajstić information content (AvgIpc) is 2.48. The van der Waals surface area contributed by atoms with Crippen molar-refractivity contribution in [3.8, 4) is 0 Å². The van der Waals surface area contributed by atoms with E-state index < -0.39 is 0 Å². The molecule has 4 heteroatoms. The first-order chi connectivity index (χ1) is 5.74. The minimum atomic E-state index is 1.02. The number of aromatic nitrogens is 1. The van der Waals surface area contributed by atoms with Gasteiger partial charge < -0.3 is 10.2 Å². The summed E-state index contributed by atoms with van der Waals surface area (Å²) in [6.45, 7) is 1.02. The van der Waals surface area contributed by atoms with Crippen LogP contribution in [0.2, 0.25) is 0 Å². The molecule has 0 fully saturated rings. The largest absolute Gasteiger partial charge is 0.354 e. The Morgan fingerprint density at radius 3 is 2.83 bits per heavy atom. The molecule has 0 unspecified atom stereocenters. The van der Waals surface area contributed by atoms with Crippen LogP contribution in [0.15, 0.2) is 6.20 Å². The van der Waals surface area contributed by atoms with Gasteiger partial charge in [0.15, 0.2) is 5.13 Å². The Bertz CT molecular complexity index is 232. The standard InChI is InChI=1S/C8H15N3S/c1-9-5-4-7-6-10-8(12-7)11(2)3/h6,9H,4-5H2,1-3H3. The third-order valence-corrected chi connectivity index (χ3v) is 2.77. The summed E-state index contributed by atoms with van der Waals surface area (Å²) in [6.07, 6.45) is 3.03. The molecule has 1 heterocycles. The normalized spacial score (nSPS) is 10.2. The molecule has 1 rings (SSSR count). The molecular weight excluding hydrogens is 170 g/mol. The molecule has 0 saturated carbocycles. The monoisotopic (exact) mass is 185 g/mol. The van der Waals surface area contributed by atoms with Crippen molar-refractivity contribution in [2.24, 2.45) is 0 Å². The van der Waals surface area contributed by atoms with Gasteiger partial charge in [0.25, 0.3) is 0 Å². The van der Waals surface area contributed by atoms with E-state index in [2.05, 4.69) is 10.3 Å². The molecule has 0 saturated heterocycles. The van der Waals surface area contributed by atoms with Gasteiger partial charge >= 0.3 is 0 Å². The number of anilines is 1. The molecule has 68 valence electrons. The second-order valence-corrected chi connectivity index (χ2v) is 3.95. The molecule has 0 atom stereocenters. The number of rotatable bonds is 4. The molecule has 1 aromatic heterocycles. The Hall–Kier alpha value is -0.610. The molecule has 0 radical (unpaired) electrons. The number of nitrogens with one attached hydrogen (secondary N) is 1. The van der Waals surface area contributed by atoms with Gasteiger partial charge in [-0.25, -0.2) is 4.98 Å². The van der Waals surface area contributed by atoms with Crippen molar-refractivity contribution >= 4 is 16.5 Å². The van der Waals surface area contributed by atoms with E-state index in [1.165, 1.54) is 4.88 Å². The lowest BCUT2D eigenvalue weighted by Crippen LogP contribution is -2.09. The van der Waals surface area contributed by atoms with Crippen LogP contribution in [-0.4, -0.2) is 32.7 Å². The van der Waals surface area contributed by atoms with Crippen molar-refractivity contribution in [3.63, 3.8) is 0 Å². The third kappa shape index (κ3) is 2.46. The molecule has 0 amide bonds. The quantitative estimate of drug-likeness (QED) is 0.757. The smallest absolute Gasteiger partial charge is 0.184 e. The van der Waals surface area contributed by atoms with Crippen LogP contribution in [-0.2, 0) is 6.42 Å².